The van der Waals surface area contributed by atoms with Gasteiger partial charge in [0.05, 0.1) is 0 Å². The summed E-state index contributed by atoms with van der Waals surface area (Å²) in [5.41, 5.74) is 0. The van der Waals surface area contributed by atoms with Gasteiger partial charge in [-0.05, 0) is 36.5 Å². The predicted octanol–water partition coefficient (Wildman–Crippen LogP) is 3.59. The molecule has 0 aliphatic heterocycles. The Labute approximate surface area is 75.4 Å². The lowest BCUT2D eigenvalue weighted by Crippen LogP contribution is -2.17. The quantitative estimate of drug-likeness (QED) is 0.583. The van der Waals surface area contributed by atoms with Crippen molar-refractivity contribution < 1.29 is 0 Å². The largest absolute Gasteiger partial charge is 0.0932 e. The van der Waals surface area contributed by atoms with Crippen LogP contribution in [0.5, 0.6) is 0 Å². The Morgan fingerprint density at radius 3 is 2.45 bits per heavy atom. The lowest BCUT2D eigenvalue weighted by molar-refractivity contribution is 0.299. The third-order valence-electron chi connectivity index (χ3n) is 2.90. The molecule has 1 saturated carbocycles. The van der Waals surface area contributed by atoms with Crippen molar-refractivity contribution in [2.45, 2.75) is 45.4 Å². The van der Waals surface area contributed by atoms with E-state index >= 15 is 0 Å². The molecule has 1 atom stereocenters. The molecule has 0 amide bonds. The third-order valence-corrected chi connectivity index (χ3v) is 3.25. The van der Waals surface area contributed by atoms with Crippen molar-refractivity contribution in [2.75, 3.05) is 0 Å². The summed E-state index contributed by atoms with van der Waals surface area (Å²) in [6, 6.07) is 0. The van der Waals surface area contributed by atoms with Crippen LogP contribution in [-0.4, -0.2) is 5.37 Å². The molecular weight excluding hydrogens is 152 g/mol. The van der Waals surface area contributed by atoms with Crippen LogP contribution in [0.25, 0.3) is 0 Å². The van der Waals surface area contributed by atoms with Crippen molar-refractivity contribution in [1.29, 1.82) is 0 Å². The molecular formula is C10H18S. The van der Waals surface area contributed by atoms with E-state index in [0.717, 1.165) is 11.8 Å². The standard InChI is InChI=1S/C10H18S/c1-2-9(8-11)10-6-4-3-5-7-10/h8-10H,2-7H2,1H3. The molecule has 64 valence electrons. The highest BCUT2D eigenvalue weighted by atomic mass is 32.1. The van der Waals surface area contributed by atoms with E-state index in [-0.39, 0.29) is 0 Å². The zero-order valence-electron chi connectivity index (χ0n) is 7.38. The van der Waals surface area contributed by atoms with Crippen molar-refractivity contribution in [3.05, 3.63) is 0 Å². The van der Waals surface area contributed by atoms with Gasteiger partial charge in [0.25, 0.3) is 0 Å². The molecule has 1 rings (SSSR count). The average Bonchev–Trinajstić information content (AvgIpc) is 2.09. The summed E-state index contributed by atoms with van der Waals surface area (Å²) >= 11 is 5.03. The molecule has 0 N–H and O–H groups in total. The van der Waals surface area contributed by atoms with Gasteiger partial charge in [0.15, 0.2) is 0 Å². The molecule has 1 aliphatic carbocycles. The van der Waals surface area contributed by atoms with Crippen LogP contribution in [0, 0.1) is 11.8 Å². The average molecular weight is 170 g/mol. The Morgan fingerprint density at radius 1 is 1.36 bits per heavy atom. The third kappa shape index (κ3) is 2.55. The van der Waals surface area contributed by atoms with Gasteiger partial charge in [-0.15, -0.1) is 0 Å². The molecule has 0 heterocycles. The van der Waals surface area contributed by atoms with E-state index in [0.29, 0.717) is 0 Å². The van der Waals surface area contributed by atoms with Crippen LogP contribution in [-0.2, 0) is 0 Å². The van der Waals surface area contributed by atoms with E-state index in [1.54, 1.807) is 0 Å². The first-order valence-electron chi connectivity index (χ1n) is 4.83. The molecule has 0 nitrogen and oxygen atoms in total. The normalized spacial score (nSPS) is 23.0. The maximum Gasteiger partial charge on any atom is -0.0103 e. The fraction of sp³-hybridized carbons (Fsp3) is 0.900. The molecule has 1 fully saturated rings. The zero-order chi connectivity index (χ0) is 8.10. The van der Waals surface area contributed by atoms with E-state index in [1.165, 1.54) is 38.5 Å². The topological polar surface area (TPSA) is 0 Å². The maximum absolute atomic E-state index is 5.03. The van der Waals surface area contributed by atoms with Crippen LogP contribution in [0.2, 0.25) is 0 Å². The van der Waals surface area contributed by atoms with Crippen molar-refractivity contribution in [1.82, 2.24) is 0 Å². The van der Waals surface area contributed by atoms with Gasteiger partial charge in [0.2, 0.25) is 0 Å². The highest BCUT2D eigenvalue weighted by molar-refractivity contribution is 7.79. The molecule has 1 heteroatoms. The fourth-order valence-corrected chi connectivity index (χ4v) is 2.52. The zero-order valence-corrected chi connectivity index (χ0v) is 8.20. The first kappa shape index (κ1) is 9.18. The van der Waals surface area contributed by atoms with Gasteiger partial charge in [0, 0.05) is 0 Å². The Morgan fingerprint density at radius 2 is 2.00 bits per heavy atom. The molecule has 0 radical (unpaired) electrons. The minimum atomic E-state index is 0.727. The van der Waals surface area contributed by atoms with Crippen molar-refractivity contribution in [2.24, 2.45) is 11.8 Å². The first-order chi connectivity index (χ1) is 5.38. The molecule has 0 aromatic carbocycles. The number of hydrogen-bond acceptors (Lipinski definition) is 1. The SMILES string of the molecule is CCC(C=S)C1CCCCC1. The molecule has 1 aliphatic rings. The Hall–Kier alpha value is 0.0900. The minimum Gasteiger partial charge on any atom is -0.0932 e. The van der Waals surface area contributed by atoms with E-state index in [4.69, 9.17) is 12.2 Å². The van der Waals surface area contributed by atoms with Crippen molar-refractivity contribution in [3.8, 4) is 0 Å². The van der Waals surface area contributed by atoms with Crippen molar-refractivity contribution in [3.63, 3.8) is 0 Å². The fourth-order valence-electron chi connectivity index (χ4n) is 2.10. The molecule has 0 bridgehead atoms. The smallest absolute Gasteiger partial charge is 0.0103 e. The molecule has 0 spiro atoms. The summed E-state index contributed by atoms with van der Waals surface area (Å²) < 4.78 is 0. The summed E-state index contributed by atoms with van der Waals surface area (Å²) in [6.07, 6.45) is 8.41. The van der Waals surface area contributed by atoms with Crippen LogP contribution in [0.4, 0.5) is 0 Å². The van der Waals surface area contributed by atoms with E-state index < -0.39 is 0 Å². The van der Waals surface area contributed by atoms with Gasteiger partial charge in [-0.2, -0.15) is 0 Å². The summed E-state index contributed by atoms with van der Waals surface area (Å²) in [5, 5.41) is 2.00. The monoisotopic (exact) mass is 170 g/mol. The summed E-state index contributed by atoms with van der Waals surface area (Å²) in [6.45, 7) is 2.25. The second-order valence-corrected chi connectivity index (χ2v) is 3.88. The molecule has 0 aromatic heterocycles. The van der Waals surface area contributed by atoms with Crippen LogP contribution >= 0.6 is 12.2 Å². The molecule has 1 unspecified atom stereocenters. The summed E-state index contributed by atoms with van der Waals surface area (Å²) in [7, 11) is 0. The van der Waals surface area contributed by atoms with Gasteiger partial charge in [-0.1, -0.05) is 38.4 Å². The maximum atomic E-state index is 5.03. The predicted molar refractivity (Wildman–Crippen MR) is 54.0 cm³/mol. The van der Waals surface area contributed by atoms with Crippen LogP contribution in [0.3, 0.4) is 0 Å². The van der Waals surface area contributed by atoms with Gasteiger partial charge >= 0.3 is 0 Å². The summed E-state index contributed by atoms with van der Waals surface area (Å²) in [4.78, 5) is 0. The number of rotatable bonds is 3. The second-order valence-electron chi connectivity index (χ2n) is 3.61. The molecule has 11 heavy (non-hydrogen) atoms. The van der Waals surface area contributed by atoms with E-state index in [1.807, 2.05) is 5.37 Å². The molecule has 0 aromatic rings. The minimum absolute atomic E-state index is 0.727. The van der Waals surface area contributed by atoms with E-state index in [2.05, 4.69) is 6.92 Å². The van der Waals surface area contributed by atoms with Crippen molar-refractivity contribution >= 4 is 17.6 Å². The summed E-state index contributed by atoms with van der Waals surface area (Å²) in [5.74, 6) is 1.65. The van der Waals surface area contributed by atoms with Gasteiger partial charge < -0.3 is 0 Å². The van der Waals surface area contributed by atoms with Gasteiger partial charge in [-0.25, -0.2) is 0 Å². The van der Waals surface area contributed by atoms with Crippen LogP contribution in [0.1, 0.15) is 45.4 Å². The first-order valence-corrected chi connectivity index (χ1v) is 5.31. The highest BCUT2D eigenvalue weighted by Gasteiger charge is 2.19. The highest BCUT2D eigenvalue weighted by Crippen LogP contribution is 2.30. The Balaban J connectivity index is 2.35. The van der Waals surface area contributed by atoms with Crippen LogP contribution in [0.15, 0.2) is 0 Å². The van der Waals surface area contributed by atoms with E-state index in [9.17, 15) is 0 Å². The number of thiocarbonyl (C=S) groups is 1. The second kappa shape index (κ2) is 4.87. The Bertz CT molecular complexity index is 114. The lowest BCUT2D eigenvalue weighted by Gasteiger charge is -2.26. The number of hydrogen-bond donors (Lipinski definition) is 0. The Kier molecular flexibility index (Phi) is 4.06. The molecule has 0 saturated heterocycles. The van der Waals surface area contributed by atoms with Gasteiger partial charge in [0.1, 0.15) is 0 Å². The lowest BCUT2D eigenvalue weighted by atomic mass is 9.80. The van der Waals surface area contributed by atoms with Crippen LogP contribution < -0.4 is 0 Å². The van der Waals surface area contributed by atoms with Gasteiger partial charge in [-0.3, -0.25) is 0 Å².